The van der Waals surface area contributed by atoms with E-state index in [9.17, 15) is 4.79 Å². The first kappa shape index (κ1) is 12.9. The third kappa shape index (κ3) is 4.23. The van der Waals surface area contributed by atoms with Crippen LogP contribution in [-0.2, 0) is 14.3 Å². The summed E-state index contributed by atoms with van der Waals surface area (Å²) in [5.74, 6) is -0.841. The highest BCUT2D eigenvalue weighted by molar-refractivity contribution is 5.78. The first-order chi connectivity index (χ1) is 6.56. The number of nitrogens with two attached hydrogens (primary N) is 1. The molecule has 82 valence electrons. The molecular formula is C9H17NO4. The highest BCUT2D eigenvalue weighted by atomic mass is 16.5. The summed E-state index contributed by atoms with van der Waals surface area (Å²) in [6.45, 7) is 0.375. The molecule has 0 unspecified atom stereocenters. The number of rotatable bonds is 2. The molecule has 0 heterocycles. The van der Waals surface area contributed by atoms with Crippen LogP contribution in [0, 0.1) is 0 Å². The molecule has 0 atom stereocenters. The number of methoxy groups -OCH3 is 1. The summed E-state index contributed by atoms with van der Waals surface area (Å²) >= 11 is 0. The van der Waals surface area contributed by atoms with Gasteiger partial charge < -0.3 is 15.6 Å². The van der Waals surface area contributed by atoms with Gasteiger partial charge in [-0.15, -0.1) is 0 Å². The van der Waals surface area contributed by atoms with Crippen molar-refractivity contribution in [2.45, 2.75) is 37.6 Å². The fraction of sp³-hybridized carbons (Fsp3) is 0.778. The number of carboxylic acids is 1. The van der Waals surface area contributed by atoms with Crippen LogP contribution in [0.15, 0.2) is 0 Å². The zero-order valence-corrected chi connectivity index (χ0v) is 8.36. The number of hydrogen-bond donors (Lipinski definition) is 2. The van der Waals surface area contributed by atoms with Crippen molar-refractivity contribution in [1.29, 1.82) is 0 Å². The van der Waals surface area contributed by atoms with E-state index in [4.69, 9.17) is 15.6 Å². The monoisotopic (exact) mass is 203 g/mol. The minimum atomic E-state index is -0.905. The van der Waals surface area contributed by atoms with Gasteiger partial charge in [0.25, 0.3) is 6.47 Å². The van der Waals surface area contributed by atoms with E-state index in [2.05, 4.69) is 4.74 Å². The normalized spacial score (nSPS) is 18.7. The molecule has 1 aliphatic rings. The number of aliphatic carboxylic acids is 1. The van der Waals surface area contributed by atoms with Gasteiger partial charge in [0, 0.05) is 0 Å². The second kappa shape index (κ2) is 6.37. The van der Waals surface area contributed by atoms with Crippen LogP contribution in [0.2, 0.25) is 0 Å². The number of carbonyl (C=O) groups excluding carboxylic acids is 1. The summed E-state index contributed by atoms with van der Waals surface area (Å²) in [4.78, 5) is 19.5. The van der Waals surface area contributed by atoms with Gasteiger partial charge in [0.05, 0.1) is 7.11 Å². The van der Waals surface area contributed by atoms with E-state index in [0.717, 1.165) is 19.3 Å². The lowest BCUT2D eigenvalue weighted by molar-refractivity contribution is -0.144. The van der Waals surface area contributed by atoms with Crippen LogP contribution in [-0.4, -0.2) is 30.2 Å². The lowest BCUT2D eigenvalue weighted by atomic mass is 9.83. The van der Waals surface area contributed by atoms with E-state index in [1.807, 2.05) is 0 Å². The Morgan fingerprint density at radius 3 is 2.07 bits per heavy atom. The van der Waals surface area contributed by atoms with Gasteiger partial charge >= 0.3 is 5.97 Å². The molecule has 0 aliphatic heterocycles. The molecule has 3 N–H and O–H groups in total. The van der Waals surface area contributed by atoms with Crippen LogP contribution in [0.25, 0.3) is 0 Å². The maximum Gasteiger partial charge on any atom is 0.323 e. The van der Waals surface area contributed by atoms with Crippen LogP contribution in [0.5, 0.6) is 0 Å². The first-order valence-electron chi connectivity index (χ1n) is 4.55. The van der Waals surface area contributed by atoms with E-state index in [1.165, 1.54) is 7.11 Å². The first-order valence-corrected chi connectivity index (χ1v) is 4.55. The molecule has 14 heavy (non-hydrogen) atoms. The average Bonchev–Trinajstić information content (AvgIpc) is 2.19. The summed E-state index contributed by atoms with van der Waals surface area (Å²) in [5, 5.41) is 8.67. The number of hydrogen-bond acceptors (Lipinski definition) is 4. The molecule has 1 fully saturated rings. The van der Waals surface area contributed by atoms with Gasteiger partial charge in [-0.05, 0) is 12.8 Å². The van der Waals surface area contributed by atoms with Gasteiger partial charge in [0.1, 0.15) is 5.54 Å². The van der Waals surface area contributed by atoms with Crippen molar-refractivity contribution < 1.29 is 19.4 Å². The maximum absolute atomic E-state index is 10.6. The van der Waals surface area contributed by atoms with Gasteiger partial charge in [0.2, 0.25) is 0 Å². The van der Waals surface area contributed by atoms with E-state index >= 15 is 0 Å². The van der Waals surface area contributed by atoms with Gasteiger partial charge in [-0.3, -0.25) is 9.59 Å². The van der Waals surface area contributed by atoms with Crippen LogP contribution in [0.1, 0.15) is 32.1 Å². The third-order valence-electron chi connectivity index (χ3n) is 2.27. The highest BCUT2D eigenvalue weighted by Crippen LogP contribution is 2.25. The van der Waals surface area contributed by atoms with Crippen LogP contribution in [0.4, 0.5) is 0 Å². The molecule has 0 aromatic heterocycles. The largest absolute Gasteiger partial charge is 0.480 e. The molecule has 1 rings (SSSR count). The molecule has 0 amide bonds. The number of carbonyl (C=O) groups is 2. The van der Waals surface area contributed by atoms with Crippen molar-refractivity contribution in [2.75, 3.05) is 7.11 Å². The Hall–Kier alpha value is -1.10. The molecule has 0 bridgehead atoms. The minimum absolute atomic E-state index is 0.375. The Morgan fingerprint density at radius 2 is 1.86 bits per heavy atom. The molecule has 1 aliphatic carbocycles. The van der Waals surface area contributed by atoms with E-state index in [-0.39, 0.29) is 0 Å². The predicted molar refractivity (Wildman–Crippen MR) is 50.7 cm³/mol. The molecule has 0 spiro atoms. The Labute approximate surface area is 83.2 Å². The summed E-state index contributed by atoms with van der Waals surface area (Å²) in [6, 6.07) is 0. The summed E-state index contributed by atoms with van der Waals surface area (Å²) in [7, 11) is 1.31. The smallest absolute Gasteiger partial charge is 0.323 e. The van der Waals surface area contributed by atoms with Crippen molar-refractivity contribution in [3.8, 4) is 0 Å². The fourth-order valence-electron chi connectivity index (χ4n) is 1.40. The average molecular weight is 203 g/mol. The number of ether oxygens (including phenoxy) is 1. The zero-order chi connectivity index (χ0) is 11.0. The van der Waals surface area contributed by atoms with Crippen molar-refractivity contribution in [2.24, 2.45) is 5.73 Å². The van der Waals surface area contributed by atoms with Crippen molar-refractivity contribution in [1.82, 2.24) is 0 Å². The second-order valence-corrected chi connectivity index (χ2v) is 3.35. The molecule has 5 heteroatoms. The quantitative estimate of drug-likeness (QED) is 0.638. The Morgan fingerprint density at radius 1 is 1.43 bits per heavy atom. The van der Waals surface area contributed by atoms with Gasteiger partial charge in [-0.1, -0.05) is 19.3 Å². The van der Waals surface area contributed by atoms with E-state index in [0.29, 0.717) is 19.3 Å². The summed E-state index contributed by atoms with van der Waals surface area (Å²) in [6.07, 6.45) is 4.34. The Bertz CT molecular complexity index is 187. The Kier molecular flexibility index (Phi) is 5.87. The molecule has 0 aromatic rings. The molecular weight excluding hydrogens is 186 g/mol. The van der Waals surface area contributed by atoms with E-state index in [1.54, 1.807) is 0 Å². The third-order valence-corrected chi connectivity index (χ3v) is 2.27. The van der Waals surface area contributed by atoms with Gasteiger partial charge in [0.15, 0.2) is 0 Å². The maximum atomic E-state index is 10.6. The molecule has 1 saturated carbocycles. The summed E-state index contributed by atoms with van der Waals surface area (Å²) < 4.78 is 3.86. The van der Waals surface area contributed by atoms with Crippen molar-refractivity contribution in [3.05, 3.63) is 0 Å². The molecule has 0 radical (unpaired) electrons. The predicted octanol–water partition coefficient (Wildman–Crippen LogP) is 0.522. The minimum Gasteiger partial charge on any atom is -0.480 e. The summed E-state index contributed by atoms with van der Waals surface area (Å²) in [5.41, 5.74) is 4.70. The van der Waals surface area contributed by atoms with Crippen molar-refractivity contribution in [3.63, 3.8) is 0 Å². The second-order valence-electron chi connectivity index (χ2n) is 3.35. The Balaban J connectivity index is 0.000000364. The van der Waals surface area contributed by atoms with Crippen LogP contribution < -0.4 is 5.73 Å². The SMILES string of the molecule is COC=O.NC1(C(=O)O)CCCCC1. The standard InChI is InChI=1S/C7H13NO2.C2H4O2/c8-7(6(9)10)4-2-1-3-5-7;1-4-2-3/h1-5,8H2,(H,9,10);2H,1H3. The fourth-order valence-corrected chi connectivity index (χ4v) is 1.40. The van der Waals surface area contributed by atoms with Gasteiger partial charge in [-0.25, -0.2) is 0 Å². The van der Waals surface area contributed by atoms with E-state index < -0.39 is 11.5 Å². The molecule has 0 saturated heterocycles. The van der Waals surface area contributed by atoms with Gasteiger partial charge in [-0.2, -0.15) is 0 Å². The zero-order valence-electron chi connectivity index (χ0n) is 8.36. The lowest BCUT2D eigenvalue weighted by Crippen LogP contribution is -2.49. The van der Waals surface area contributed by atoms with Crippen LogP contribution in [0.3, 0.4) is 0 Å². The molecule has 0 aromatic carbocycles. The lowest BCUT2D eigenvalue weighted by Gasteiger charge is -2.28. The van der Waals surface area contributed by atoms with Crippen LogP contribution >= 0.6 is 0 Å². The van der Waals surface area contributed by atoms with Crippen molar-refractivity contribution >= 4 is 12.4 Å². The number of carboxylic acid groups (broad SMARTS) is 1. The highest BCUT2D eigenvalue weighted by Gasteiger charge is 2.34. The molecule has 5 nitrogen and oxygen atoms in total. The topological polar surface area (TPSA) is 89.6 Å².